The van der Waals surface area contributed by atoms with Crippen LogP contribution < -0.4 is 0 Å². The van der Waals surface area contributed by atoms with Crippen LogP contribution in [0.3, 0.4) is 0 Å². The van der Waals surface area contributed by atoms with Gasteiger partial charge in [-0.2, -0.15) is 0 Å². The highest BCUT2D eigenvalue weighted by molar-refractivity contribution is 8.84. The Morgan fingerprint density at radius 3 is 1.27 bits per heavy atom. The van der Waals surface area contributed by atoms with Crippen LogP contribution in [-0.2, 0) is 0 Å². The van der Waals surface area contributed by atoms with Crippen molar-refractivity contribution >= 4 is 76.3 Å². The van der Waals surface area contributed by atoms with Gasteiger partial charge >= 0.3 is 0 Å². The van der Waals surface area contributed by atoms with E-state index in [4.69, 9.17) is 24.4 Å². The fraction of sp³-hybridized carbons (Fsp3) is 0.857. The van der Waals surface area contributed by atoms with Gasteiger partial charge in [-0.15, -0.1) is 0 Å². The topological polar surface area (TPSA) is 6.48 Å². The van der Waals surface area contributed by atoms with Crippen molar-refractivity contribution in [2.24, 2.45) is 0 Å². The summed E-state index contributed by atoms with van der Waals surface area (Å²) in [4.78, 5) is 3.99. The summed E-state index contributed by atoms with van der Waals surface area (Å²) >= 11 is 10.5. The average molecular weight is 417 g/mol. The van der Waals surface area contributed by atoms with E-state index in [9.17, 15) is 0 Å². The van der Waals surface area contributed by atoms with E-state index in [-0.39, 0.29) is 0 Å². The van der Waals surface area contributed by atoms with Crippen LogP contribution in [0.4, 0.5) is 0 Å². The molecule has 0 aromatic rings. The van der Waals surface area contributed by atoms with Crippen molar-refractivity contribution in [1.82, 2.24) is 9.80 Å². The molecule has 0 rings (SSSR count). The third kappa shape index (κ3) is 14.8. The Labute approximate surface area is 163 Å². The van der Waals surface area contributed by atoms with Crippen LogP contribution in [0, 0.1) is 0 Å². The van der Waals surface area contributed by atoms with E-state index < -0.39 is 0 Å². The number of hydrogen-bond donors (Lipinski definition) is 0. The monoisotopic (exact) mass is 416 g/mol. The van der Waals surface area contributed by atoms with Crippen molar-refractivity contribution < 1.29 is 0 Å². The third-order valence-corrected chi connectivity index (χ3v) is 9.38. The van der Waals surface area contributed by atoms with Gasteiger partial charge in [-0.05, 0) is 34.4 Å². The molecule has 0 N–H and O–H groups in total. The van der Waals surface area contributed by atoms with Crippen LogP contribution in [0.2, 0.25) is 0 Å². The summed E-state index contributed by atoms with van der Waals surface area (Å²) in [6, 6.07) is 0. The predicted molar refractivity (Wildman–Crippen MR) is 120 cm³/mol. The minimum atomic E-state index is 0.967. The summed E-state index contributed by atoms with van der Waals surface area (Å²) in [6.07, 6.45) is 8.00. The summed E-state index contributed by atoms with van der Waals surface area (Å²) in [6.45, 7) is 0. The Hall–Kier alpha value is 1.18. The molecule has 0 aliphatic heterocycles. The van der Waals surface area contributed by atoms with Gasteiger partial charge in [0.05, 0.1) is 0 Å². The van der Waals surface area contributed by atoms with Gasteiger partial charge in [0.15, 0.2) is 0 Å². The molecule has 0 atom stereocenters. The minimum Gasteiger partial charge on any atom is -0.363 e. The van der Waals surface area contributed by atoms with Gasteiger partial charge in [0.1, 0.15) is 8.64 Å². The first kappa shape index (κ1) is 23.2. The first-order valence-electron chi connectivity index (χ1n) is 7.46. The second-order valence-electron chi connectivity index (χ2n) is 5.25. The molecule has 0 aliphatic carbocycles. The molecule has 22 heavy (non-hydrogen) atoms. The smallest absolute Gasteiger partial charge is 0.146 e. The third-order valence-electron chi connectivity index (χ3n) is 2.70. The molecule has 0 aromatic carbocycles. The van der Waals surface area contributed by atoms with Crippen LogP contribution in [0.25, 0.3) is 0 Å². The van der Waals surface area contributed by atoms with Gasteiger partial charge in [0.25, 0.3) is 0 Å². The summed E-state index contributed by atoms with van der Waals surface area (Å²) in [5.41, 5.74) is 0. The van der Waals surface area contributed by atoms with E-state index in [0.717, 1.165) is 8.64 Å². The Morgan fingerprint density at radius 1 is 0.636 bits per heavy atom. The van der Waals surface area contributed by atoms with E-state index in [1.54, 1.807) is 21.6 Å². The highest BCUT2D eigenvalue weighted by atomic mass is 33.1. The molecule has 2 nitrogen and oxygen atoms in total. The van der Waals surface area contributed by atoms with E-state index in [1.165, 1.54) is 50.0 Å². The molecule has 0 amide bonds. The van der Waals surface area contributed by atoms with Crippen LogP contribution in [0.1, 0.15) is 38.5 Å². The fourth-order valence-corrected chi connectivity index (χ4v) is 6.25. The fourth-order valence-electron chi connectivity index (χ4n) is 1.36. The van der Waals surface area contributed by atoms with E-state index in [0.29, 0.717) is 0 Å². The molecule has 0 saturated heterocycles. The molecule has 0 aliphatic rings. The largest absolute Gasteiger partial charge is 0.363 e. The molecule has 0 aromatic heterocycles. The SMILES string of the molecule is CN(C)C(=S)SSCCCCCCCCSSC(=S)N(C)C. The van der Waals surface area contributed by atoms with E-state index in [1.807, 2.05) is 59.6 Å². The molecule has 130 valence electrons. The molecule has 8 heteroatoms. The summed E-state index contributed by atoms with van der Waals surface area (Å²) < 4.78 is 1.93. The summed E-state index contributed by atoms with van der Waals surface area (Å²) in [5.74, 6) is 2.40. The number of thiocarbonyl (C=S) groups is 2. The zero-order valence-electron chi connectivity index (χ0n) is 14.0. The molecule has 0 unspecified atom stereocenters. The Kier molecular flexibility index (Phi) is 16.5. The number of unbranched alkanes of at least 4 members (excludes halogenated alkanes) is 5. The van der Waals surface area contributed by atoms with Gasteiger partial charge in [0.2, 0.25) is 0 Å². The van der Waals surface area contributed by atoms with Crippen molar-refractivity contribution in [1.29, 1.82) is 0 Å². The summed E-state index contributed by atoms with van der Waals surface area (Å²) in [5, 5.41) is 0. The lowest BCUT2D eigenvalue weighted by Gasteiger charge is -2.11. The normalized spacial score (nSPS) is 10.5. The van der Waals surface area contributed by atoms with Crippen molar-refractivity contribution in [3.63, 3.8) is 0 Å². The molecule has 0 bridgehead atoms. The number of rotatable bonds is 11. The average Bonchev–Trinajstić information content (AvgIpc) is 2.47. The van der Waals surface area contributed by atoms with Gasteiger partial charge in [-0.25, -0.2) is 0 Å². The Bertz CT molecular complexity index is 280. The minimum absolute atomic E-state index is 0.967. The maximum Gasteiger partial charge on any atom is 0.146 e. The lowest BCUT2D eigenvalue weighted by atomic mass is 10.1. The first-order chi connectivity index (χ1) is 10.4. The first-order valence-corrected chi connectivity index (χ1v) is 12.9. The zero-order valence-corrected chi connectivity index (χ0v) is 18.9. The van der Waals surface area contributed by atoms with Crippen LogP contribution in [0.5, 0.6) is 0 Å². The van der Waals surface area contributed by atoms with Gasteiger partial charge in [0, 0.05) is 39.7 Å². The lowest BCUT2D eigenvalue weighted by Crippen LogP contribution is -2.14. The van der Waals surface area contributed by atoms with Crippen LogP contribution in [0.15, 0.2) is 0 Å². The molecule has 0 spiro atoms. The molecular formula is C14H28N2S6. The second-order valence-corrected chi connectivity index (χ2v) is 11.4. The zero-order chi connectivity index (χ0) is 16.8. The maximum atomic E-state index is 5.23. The molecule has 0 heterocycles. The number of hydrogen-bond acceptors (Lipinski definition) is 6. The quantitative estimate of drug-likeness (QED) is 0.234. The Morgan fingerprint density at radius 2 is 0.955 bits per heavy atom. The standard InChI is InChI=1S/C14H28N2S6/c1-15(2)13(17)21-19-11-9-7-5-6-8-10-12-20-22-14(18)16(3)4/h5-12H2,1-4H3. The molecular weight excluding hydrogens is 389 g/mol. The van der Waals surface area contributed by atoms with Crippen molar-refractivity contribution in [2.45, 2.75) is 38.5 Å². The van der Waals surface area contributed by atoms with Crippen LogP contribution >= 0.6 is 67.6 Å². The van der Waals surface area contributed by atoms with Crippen molar-refractivity contribution in [2.75, 3.05) is 39.7 Å². The predicted octanol–water partition coefficient (Wildman–Crippen LogP) is 5.78. The van der Waals surface area contributed by atoms with Gasteiger partial charge < -0.3 is 9.80 Å². The van der Waals surface area contributed by atoms with E-state index >= 15 is 0 Å². The summed E-state index contributed by atoms with van der Waals surface area (Å²) in [7, 11) is 15.2. The number of nitrogens with zero attached hydrogens (tertiary/aromatic N) is 2. The molecule has 0 radical (unpaired) electrons. The van der Waals surface area contributed by atoms with Gasteiger partial charge in [-0.1, -0.05) is 71.7 Å². The maximum absolute atomic E-state index is 5.23. The van der Waals surface area contributed by atoms with Crippen molar-refractivity contribution in [3.8, 4) is 0 Å². The van der Waals surface area contributed by atoms with Crippen LogP contribution in [-0.4, -0.2) is 58.1 Å². The second kappa shape index (κ2) is 15.7. The highest BCUT2D eigenvalue weighted by Crippen LogP contribution is 2.26. The van der Waals surface area contributed by atoms with Crippen molar-refractivity contribution in [3.05, 3.63) is 0 Å². The van der Waals surface area contributed by atoms with E-state index in [2.05, 4.69) is 0 Å². The highest BCUT2D eigenvalue weighted by Gasteiger charge is 2.01. The van der Waals surface area contributed by atoms with Gasteiger partial charge in [-0.3, -0.25) is 0 Å². The molecule has 0 saturated carbocycles. The molecule has 0 fully saturated rings. The lowest BCUT2D eigenvalue weighted by molar-refractivity contribution is 0.630. The Balaban J connectivity index is 3.18.